The van der Waals surface area contributed by atoms with E-state index in [1.54, 1.807) is 0 Å². The predicted molar refractivity (Wildman–Crippen MR) is 100 cm³/mol. The van der Waals surface area contributed by atoms with Gasteiger partial charge in [-0.2, -0.15) is 0 Å². The minimum absolute atomic E-state index is 0.131. The Morgan fingerprint density at radius 2 is 2.12 bits per heavy atom. The van der Waals surface area contributed by atoms with Crippen LogP contribution in [0.25, 0.3) is 10.8 Å². The number of pyridine rings is 1. The molecular formula is C19H21ClN4O. The van der Waals surface area contributed by atoms with Crippen molar-refractivity contribution >= 4 is 34.2 Å². The summed E-state index contributed by atoms with van der Waals surface area (Å²) in [5.74, 6) is 1.37. The Labute approximate surface area is 152 Å². The van der Waals surface area contributed by atoms with Gasteiger partial charge in [-0.15, -0.1) is 0 Å². The minimum atomic E-state index is -0.131. The van der Waals surface area contributed by atoms with Gasteiger partial charge in [0.25, 0.3) is 6.02 Å². The highest BCUT2D eigenvalue weighted by molar-refractivity contribution is 6.31. The Kier molecular flexibility index (Phi) is 3.44. The van der Waals surface area contributed by atoms with Crippen LogP contribution in [0.2, 0.25) is 5.02 Å². The summed E-state index contributed by atoms with van der Waals surface area (Å²) in [5.41, 5.74) is 0.835. The summed E-state index contributed by atoms with van der Waals surface area (Å²) in [4.78, 5) is 11.8. The van der Waals surface area contributed by atoms with Crippen LogP contribution in [0.1, 0.15) is 18.5 Å². The summed E-state index contributed by atoms with van der Waals surface area (Å²) in [7, 11) is 0. The van der Waals surface area contributed by atoms with E-state index in [0.29, 0.717) is 11.9 Å². The molecule has 1 atom stereocenters. The van der Waals surface area contributed by atoms with Crippen molar-refractivity contribution in [2.75, 3.05) is 31.5 Å². The molecule has 1 aromatic heterocycles. The van der Waals surface area contributed by atoms with Gasteiger partial charge in [-0.05, 0) is 56.4 Å². The number of benzene rings is 1. The quantitative estimate of drug-likeness (QED) is 0.850. The number of hydrogen-bond donors (Lipinski definition) is 1. The lowest BCUT2D eigenvalue weighted by Gasteiger charge is -2.50. The average Bonchev–Trinajstić information content (AvgIpc) is 2.97. The number of ether oxygens (including phenoxy) is 1. The van der Waals surface area contributed by atoms with E-state index in [-0.39, 0.29) is 5.60 Å². The second-order valence-electron chi connectivity index (χ2n) is 7.42. The number of nitrogens with one attached hydrogen (secondary N) is 1. The van der Waals surface area contributed by atoms with Gasteiger partial charge >= 0.3 is 0 Å². The average molecular weight is 357 g/mol. The van der Waals surface area contributed by atoms with Crippen molar-refractivity contribution in [3.8, 4) is 0 Å². The van der Waals surface area contributed by atoms with Gasteiger partial charge in [0.15, 0.2) is 0 Å². The molecule has 1 aromatic carbocycles. The van der Waals surface area contributed by atoms with Crippen LogP contribution in [0.4, 0.5) is 5.82 Å². The molecule has 1 spiro atoms. The van der Waals surface area contributed by atoms with Gasteiger partial charge in [-0.1, -0.05) is 17.7 Å². The number of nitrogens with zero attached hydrogens (tertiary/aromatic N) is 3. The highest BCUT2D eigenvalue weighted by Gasteiger charge is 2.51. The molecule has 6 heteroatoms. The Bertz CT molecular complexity index is 875. The first-order chi connectivity index (χ1) is 12.1. The number of aryl methyl sites for hydroxylation is 1. The molecule has 0 unspecified atom stereocenters. The maximum absolute atomic E-state index is 6.33. The predicted octanol–water partition coefficient (Wildman–Crippen LogP) is 3.46. The van der Waals surface area contributed by atoms with Crippen LogP contribution >= 0.6 is 11.6 Å². The summed E-state index contributed by atoms with van der Waals surface area (Å²) in [5, 5.41) is 6.18. The first kappa shape index (κ1) is 15.4. The molecule has 0 radical (unpaired) electrons. The lowest BCUT2D eigenvalue weighted by molar-refractivity contribution is -0.0829. The van der Waals surface area contributed by atoms with Gasteiger partial charge in [0.1, 0.15) is 11.4 Å². The van der Waals surface area contributed by atoms with Crippen LogP contribution in [-0.2, 0) is 4.74 Å². The molecule has 5 heterocycles. The zero-order valence-electron chi connectivity index (χ0n) is 14.3. The molecule has 4 aliphatic heterocycles. The Hall–Kier alpha value is -1.85. The second kappa shape index (κ2) is 5.58. The van der Waals surface area contributed by atoms with E-state index in [4.69, 9.17) is 16.3 Å². The molecule has 6 rings (SSSR count). The monoisotopic (exact) mass is 356 g/mol. The maximum atomic E-state index is 6.33. The van der Waals surface area contributed by atoms with E-state index >= 15 is 0 Å². The maximum Gasteiger partial charge on any atom is 0.291 e. The molecule has 5 nitrogen and oxygen atoms in total. The molecule has 0 amide bonds. The normalized spacial score (nSPS) is 30.6. The first-order valence-corrected chi connectivity index (χ1v) is 9.29. The molecule has 0 saturated carbocycles. The summed E-state index contributed by atoms with van der Waals surface area (Å²) in [6.45, 7) is 6.14. The molecule has 130 valence electrons. The van der Waals surface area contributed by atoms with Crippen molar-refractivity contribution in [1.29, 1.82) is 0 Å². The number of piperidine rings is 3. The fourth-order valence-corrected chi connectivity index (χ4v) is 4.70. The van der Waals surface area contributed by atoms with Crippen LogP contribution < -0.4 is 5.32 Å². The number of amidine groups is 1. The fraction of sp³-hybridized carbons (Fsp3) is 0.474. The number of anilines is 1. The summed E-state index contributed by atoms with van der Waals surface area (Å²) in [6.07, 6.45) is 2.43. The van der Waals surface area contributed by atoms with Crippen LogP contribution in [0.15, 0.2) is 29.3 Å². The van der Waals surface area contributed by atoms with E-state index in [9.17, 15) is 0 Å². The zero-order valence-corrected chi connectivity index (χ0v) is 15.0. The summed E-state index contributed by atoms with van der Waals surface area (Å²) < 4.78 is 6.33. The van der Waals surface area contributed by atoms with Crippen molar-refractivity contribution in [3.05, 3.63) is 35.0 Å². The van der Waals surface area contributed by atoms with Crippen molar-refractivity contribution in [2.45, 2.75) is 25.4 Å². The van der Waals surface area contributed by atoms with Crippen molar-refractivity contribution in [1.82, 2.24) is 9.88 Å². The Balaban J connectivity index is 1.39. The van der Waals surface area contributed by atoms with Gasteiger partial charge in [-0.3, -0.25) is 10.2 Å². The lowest BCUT2D eigenvalue weighted by Crippen LogP contribution is -2.61. The van der Waals surface area contributed by atoms with Crippen LogP contribution in [0.5, 0.6) is 0 Å². The molecule has 3 saturated heterocycles. The number of rotatable bonds is 1. The molecule has 4 aliphatic rings. The van der Waals surface area contributed by atoms with Crippen molar-refractivity contribution < 1.29 is 4.74 Å². The lowest BCUT2D eigenvalue weighted by atomic mass is 9.75. The SMILES string of the molecule is Cc1nc(NC2=NC[C@@]3(CN4CCC3CC4)O2)cc2cc(Cl)ccc12. The third-order valence-corrected chi connectivity index (χ3v) is 6.07. The van der Waals surface area contributed by atoms with E-state index in [2.05, 4.69) is 20.2 Å². The molecule has 2 aromatic rings. The van der Waals surface area contributed by atoms with Gasteiger partial charge in [0.2, 0.25) is 0 Å². The van der Waals surface area contributed by atoms with Gasteiger partial charge in [0, 0.05) is 28.6 Å². The number of halogens is 1. The largest absolute Gasteiger partial charge is 0.455 e. The Morgan fingerprint density at radius 1 is 1.28 bits per heavy atom. The third-order valence-electron chi connectivity index (χ3n) is 5.83. The third kappa shape index (κ3) is 2.57. The zero-order chi connectivity index (χ0) is 17.0. The topological polar surface area (TPSA) is 49.8 Å². The molecule has 0 aliphatic carbocycles. The second-order valence-corrected chi connectivity index (χ2v) is 7.86. The van der Waals surface area contributed by atoms with E-state index in [1.807, 2.05) is 31.2 Å². The minimum Gasteiger partial charge on any atom is -0.455 e. The van der Waals surface area contributed by atoms with Gasteiger partial charge in [0.05, 0.1) is 6.54 Å². The molecule has 3 fully saturated rings. The molecule has 2 bridgehead atoms. The molecular weight excluding hydrogens is 336 g/mol. The van der Waals surface area contributed by atoms with E-state index < -0.39 is 0 Å². The van der Waals surface area contributed by atoms with Gasteiger partial charge < -0.3 is 4.74 Å². The highest BCUT2D eigenvalue weighted by Crippen LogP contribution is 2.41. The number of aliphatic imine (C=N–C) groups is 1. The molecule has 1 N–H and O–H groups in total. The fourth-order valence-electron chi connectivity index (χ4n) is 4.52. The summed E-state index contributed by atoms with van der Waals surface area (Å²) in [6, 6.07) is 8.47. The smallest absolute Gasteiger partial charge is 0.291 e. The standard InChI is InChI=1S/C19H21ClN4O/c1-12-16-3-2-15(20)8-13(16)9-17(22-12)23-18-21-10-19(25-18)11-24-6-4-14(19)5-7-24/h2-3,8-9,14H,4-7,10-11H2,1H3,(H,21,22,23)/t19-/m0/s1. The van der Waals surface area contributed by atoms with Crippen LogP contribution in [0.3, 0.4) is 0 Å². The van der Waals surface area contributed by atoms with E-state index in [0.717, 1.165) is 40.4 Å². The number of hydrogen-bond acceptors (Lipinski definition) is 5. The van der Waals surface area contributed by atoms with Gasteiger partial charge in [-0.25, -0.2) is 9.98 Å². The van der Waals surface area contributed by atoms with Crippen LogP contribution in [0, 0.1) is 12.8 Å². The number of aromatic nitrogens is 1. The van der Waals surface area contributed by atoms with E-state index in [1.165, 1.54) is 25.9 Å². The Morgan fingerprint density at radius 3 is 2.88 bits per heavy atom. The van der Waals surface area contributed by atoms with Crippen LogP contribution in [-0.4, -0.2) is 47.7 Å². The van der Waals surface area contributed by atoms with Crippen molar-refractivity contribution in [2.24, 2.45) is 10.9 Å². The molecule has 25 heavy (non-hydrogen) atoms. The highest BCUT2D eigenvalue weighted by atomic mass is 35.5. The summed E-state index contributed by atoms with van der Waals surface area (Å²) >= 11 is 6.13. The number of fused-ring (bicyclic) bond motifs is 3. The first-order valence-electron chi connectivity index (χ1n) is 8.91. The van der Waals surface area contributed by atoms with Crippen molar-refractivity contribution in [3.63, 3.8) is 0 Å².